The molecule has 0 saturated heterocycles. The zero-order valence-corrected chi connectivity index (χ0v) is 11.3. The maximum absolute atomic E-state index is 11.8. The second-order valence-electron chi connectivity index (χ2n) is 4.07. The van der Waals surface area contributed by atoms with Crippen molar-refractivity contribution in [1.29, 1.82) is 5.26 Å². The molecule has 0 aliphatic heterocycles. The van der Waals surface area contributed by atoms with Gasteiger partial charge in [0.05, 0.1) is 17.8 Å². The van der Waals surface area contributed by atoms with Gasteiger partial charge in [0.2, 0.25) is 5.91 Å². The fraction of sp³-hybridized carbons (Fsp3) is 0.0667. The maximum atomic E-state index is 11.8. The number of nitrogens with one attached hydrogen (secondary N) is 2. The van der Waals surface area contributed by atoms with Gasteiger partial charge in [-0.15, -0.1) is 0 Å². The van der Waals surface area contributed by atoms with Crippen molar-refractivity contribution in [3.8, 4) is 6.07 Å². The van der Waals surface area contributed by atoms with Gasteiger partial charge in [0.15, 0.2) is 0 Å². The Kier molecular flexibility index (Phi) is 4.59. The van der Waals surface area contributed by atoms with Crippen LogP contribution in [0.5, 0.6) is 0 Å². The van der Waals surface area contributed by atoms with Gasteiger partial charge in [0.25, 0.3) is 0 Å². The van der Waals surface area contributed by atoms with E-state index in [9.17, 15) is 4.79 Å². The summed E-state index contributed by atoms with van der Waals surface area (Å²) in [7, 11) is 0. The highest BCUT2D eigenvalue weighted by Crippen LogP contribution is 2.15. The molecule has 2 aromatic rings. The Hall–Kier alpha value is -2.51. The fourth-order valence-electron chi connectivity index (χ4n) is 1.66. The average molecular weight is 286 g/mol. The smallest absolute Gasteiger partial charge is 0.243 e. The Bertz CT molecular complexity index is 664. The predicted octanol–water partition coefficient (Wildman–Crippen LogP) is 3.26. The largest absolute Gasteiger partial charge is 0.376 e. The van der Waals surface area contributed by atoms with Crippen LogP contribution in [0.4, 0.5) is 11.4 Å². The standard InChI is InChI=1S/C15H12ClN3O/c16-12-5-3-6-13(8-12)18-10-15(20)19-14-7-2-1-4-11(14)9-17/h1-8,18H,10H2,(H,19,20). The molecule has 100 valence electrons. The molecule has 1 amide bonds. The molecule has 2 N–H and O–H groups in total. The number of para-hydroxylation sites is 1. The van der Waals surface area contributed by atoms with E-state index in [1.807, 2.05) is 12.1 Å². The topological polar surface area (TPSA) is 64.9 Å². The van der Waals surface area contributed by atoms with Crippen LogP contribution in [0.1, 0.15) is 5.56 Å². The molecule has 5 heteroatoms. The highest BCUT2D eigenvalue weighted by Gasteiger charge is 2.06. The van der Waals surface area contributed by atoms with Crippen molar-refractivity contribution < 1.29 is 4.79 Å². The van der Waals surface area contributed by atoms with E-state index in [0.29, 0.717) is 16.3 Å². The lowest BCUT2D eigenvalue weighted by Crippen LogP contribution is -2.22. The second-order valence-corrected chi connectivity index (χ2v) is 4.51. The first-order valence-corrected chi connectivity index (χ1v) is 6.35. The minimum atomic E-state index is -0.229. The minimum Gasteiger partial charge on any atom is -0.376 e. The van der Waals surface area contributed by atoms with Crippen LogP contribution in [-0.4, -0.2) is 12.5 Å². The molecule has 0 radical (unpaired) electrons. The van der Waals surface area contributed by atoms with E-state index < -0.39 is 0 Å². The molecule has 0 spiro atoms. The molecular weight excluding hydrogens is 274 g/mol. The number of benzene rings is 2. The number of anilines is 2. The van der Waals surface area contributed by atoms with E-state index >= 15 is 0 Å². The summed E-state index contributed by atoms with van der Waals surface area (Å²) in [6, 6.07) is 16.0. The molecule has 20 heavy (non-hydrogen) atoms. The Morgan fingerprint density at radius 2 is 2.00 bits per heavy atom. The predicted molar refractivity (Wildman–Crippen MR) is 79.7 cm³/mol. The summed E-state index contributed by atoms with van der Waals surface area (Å²) in [5.41, 5.74) is 1.71. The highest BCUT2D eigenvalue weighted by molar-refractivity contribution is 6.30. The van der Waals surface area contributed by atoms with E-state index in [4.69, 9.17) is 16.9 Å². The van der Waals surface area contributed by atoms with Crippen molar-refractivity contribution in [2.24, 2.45) is 0 Å². The van der Waals surface area contributed by atoms with Gasteiger partial charge in [0.1, 0.15) is 6.07 Å². The summed E-state index contributed by atoms with van der Waals surface area (Å²) in [6.07, 6.45) is 0. The number of nitriles is 1. The monoisotopic (exact) mass is 285 g/mol. The van der Waals surface area contributed by atoms with Crippen LogP contribution < -0.4 is 10.6 Å². The number of hydrogen-bond acceptors (Lipinski definition) is 3. The summed E-state index contributed by atoms with van der Waals surface area (Å²) in [5.74, 6) is -0.229. The molecule has 0 heterocycles. The average Bonchev–Trinajstić information content (AvgIpc) is 2.46. The minimum absolute atomic E-state index is 0.0973. The summed E-state index contributed by atoms with van der Waals surface area (Å²) in [4.78, 5) is 11.8. The molecular formula is C15H12ClN3O. The number of amides is 1. The Labute approximate surface area is 122 Å². The van der Waals surface area contributed by atoms with E-state index in [2.05, 4.69) is 10.6 Å². The Balaban J connectivity index is 1.95. The van der Waals surface area contributed by atoms with Gasteiger partial charge < -0.3 is 10.6 Å². The Morgan fingerprint density at radius 3 is 2.75 bits per heavy atom. The normalized spacial score (nSPS) is 9.60. The van der Waals surface area contributed by atoms with Gasteiger partial charge in [-0.3, -0.25) is 4.79 Å². The van der Waals surface area contributed by atoms with Crippen LogP contribution in [0.25, 0.3) is 0 Å². The molecule has 0 unspecified atom stereocenters. The van der Waals surface area contributed by atoms with Crippen LogP contribution in [0.15, 0.2) is 48.5 Å². The van der Waals surface area contributed by atoms with Crippen molar-refractivity contribution in [3.05, 3.63) is 59.1 Å². The molecule has 0 fully saturated rings. The molecule has 2 aromatic carbocycles. The van der Waals surface area contributed by atoms with Crippen LogP contribution in [-0.2, 0) is 4.79 Å². The van der Waals surface area contributed by atoms with Gasteiger partial charge in [-0.05, 0) is 30.3 Å². The third-order valence-electron chi connectivity index (χ3n) is 2.60. The first-order valence-electron chi connectivity index (χ1n) is 5.97. The lowest BCUT2D eigenvalue weighted by molar-refractivity contribution is -0.114. The first kappa shape index (κ1) is 13.9. The summed E-state index contributed by atoms with van der Waals surface area (Å²) in [5, 5.41) is 15.2. The molecule has 0 aliphatic carbocycles. The number of hydrogen-bond donors (Lipinski definition) is 2. The lowest BCUT2D eigenvalue weighted by Gasteiger charge is -2.09. The van der Waals surface area contributed by atoms with Crippen LogP contribution in [0, 0.1) is 11.3 Å². The van der Waals surface area contributed by atoms with Gasteiger partial charge in [-0.25, -0.2) is 0 Å². The number of carbonyl (C=O) groups excluding carboxylic acids is 1. The molecule has 2 rings (SSSR count). The highest BCUT2D eigenvalue weighted by atomic mass is 35.5. The summed E-state index contributed by atoms with van der Waals surface area (Å²) >= 11 is 5.85. The van der Waals surface area contributed by atoms with Crippen molar-refractivity contribution in [3.63, 3.8) is 0 Å². The number of nitrogens with zero attached hydrogens (tertiary/aromatic N) is 1. The zero-order chi connectivity index (χ0) is 14.4. The third kappa shape index (κ3) is 3.74. The molecule has 4 nitrogen and oxygen atoms in total. The van der Waals surface area contributed by atoms with Crippen LogP contribution in [0.3, 0.4) is 0 Å². The number of carbonyl (C=O) groups is 1. The van der Waals surface area contributed by atoms with Gasteiger partial charge in [-0.1, -0.05) is 29.8 Å². The first-order chi connectivity index (χ1) is 9.69. The summed E-state index contributed by atoms with van der Waals surface area (Å²) < 4.78 is 0. The molecule has 0 saturated carbocycles. The van der Waals surface area contributed by atoms with Gasteiger partial charge in [-0.2, -0.15) is 5.26 Å². The SMILES string of the molecule is N#Cc1ccccc1NC(=O)CNc1cccc(Cl)c1. The summed E-state index contributed by atoms with van der Waals surface area (Å²) in [6.45, 7) is 0.0973. The lowest BCUT2D eigenvalue weighted by atomic mass is 10.2. The van der Waals surface area contributed by atoms with Crippen molar-refractivity contribution in [2.75, 3.05) is 17.2 Å². The van der Waals surface area contributed by atoms with Gasteiger partial charge in [0, 0.05) is 10.7 Å². The zero-order valence-electron chi connectivity index (χ0n) is 10.6. The maximum Gasteiger partial charge on any atom is 0.243 e. The number of halogens is 1. The van der Waals surface area contributed by atoms with E-state index in [1.54, 1.807) is 42.5 Å². The quantitative estimate of drug-likeness (QED) is 0.906. The molecule has 0 aliphatic rings. The van der Waals surface area contributed by atoms with Crippen molar-refractivity contribution >= 4 is 28.9 Å². The van der Waals surface area contributed by atoms with E-state index in [1.165, 1.54) is 0 Å². The second kappa shape index (κ2) is 6.60. The van der Waals surface area contributed by atoms with E-state index in [-0.39, 0.29) is 12.5 Å². The van der Waals surface area contributed by atoms with Crippen molar-refractivity contribution in [1.82, 2.24) is 0 Å². The van der Waals surface area contributed by atoms with Crippen LogP contribution >= 0.6 is 11.6 Å². The Morgan fingerprint density at radius 1 is 1.20 bits per heavy atom. The molecule has 0 atom stereocenters. The van der Waals surface area contributed by atoms with E-state index in [0.717, 1.165) is 5.69 Å². The van der Waals surface area contributed by atoms with Crippen molar-refractivity contribution in [2.45, 2.75) is 0 Å². The molecule has 0 aromatic heterocycles. The molecule has 0 bridgehead atoms. The van der Waals surface area contributed by atoms with Crippen LogP contribution in [0.2, 0.25) is 5.02 Å². The number of rotatable bonds is 4. The van der Waals surface area contributed by atoms with Gasteiger partial charge >= 0.3 is 0 Å². The third-order valence-corrected chi connectivity index (χ3v) is 2.83. The fourth-order valence-corrected chi connectivity index (χ4v) is 1.86.